The third-order valence-electron chi connectivity index (χ3n) is 1.76. The van der Waals surface area contributed by atoms with E-state index in [1.807, 2.05) is 0 Å². The molecule has 16 heavy (non-hydrogen) atoms. The van der Waals surface area contributed by atoms with Crippen molar-refractivity contribution in [2.24, 2.45) is 0 Å². The van der Waals surface area contributed by atoms with Gasteiger partial charge < -0.3 is 4.90 Å². The second kappa shape index (κ2) is 5.34. The van der Waals surface area contributed by atoms with Gasteiger partial charge in [-0.05, 0) is 12.1 Å². The Morgan fingerprint density at radius 3 is 2.56 bits per heavy atom. The molecule has 1 rings (SSSR count). The van der Waals surface area contributed by atoms with Crippen molar-refractivity contribution >= 4 is 17.4 Å². The molecule has 0 N–H and O–H groups in total. The summed E-state index contributed by atoms with van der Waals surface area (Å²) < 4.78 is 49.9. The van der Waals surface area contributed by atoms with Gasteiger partial charge in [-0.2, -0.15) is 13.2 Å². The van der Waals surface area contributed by atoms with E-state index in [2.05, 4.69) is 4.98 Å². The number of aromatic nitrogens is 1. The third-order valence-corrected chi connectivity index (χ3v) is 1.93. The number of hydrogen-bond acceptors (Lipinski definition) is 2. The molecule has 0 aromatic carbocycles. The summed E-state index contributed by atoms with van der Waals surface area (Å²) in [5.74, 6) is -1.16. The molecule has 0 amide bonds. The van der Waals surface area contributed by atoms with Gasteiger partial charge in [0.05, 0.1) is 0 Å². The number of pyridine rings is 1. The molecule has 0 radical (unpaired) electrons. The van der Waals surface area contributed by atoms with Crippen molar-refractivity contribution in [3.63, 3.8) is 0 Å². The lowest BCUT2D eigenvalue weighted by Gasteiger charge is -2.24. The molecule has 0 unspecified atom stereocenters. The highest BCUT2D eigenvalue weighted by Gasteiger charge is 2.32. The van der Waals surface area contributed by atoms with Gasteiger partial charge in [-0.1, -0.05) is 0 Å². The summed E-state index contributed by atoms with van der Waals surface area (Å²) in [5, 5.41) is 0. The van der Waals surface area contributed by atoms with Gasteiger partial charge in [0.15, 0.2) is 11.6 Å². The molecule has 90 valence electrons. The first-order valence-electron chi connectivity index (χ1n) is 4.42. The van der Waals surface area contributed by atoms with E-state index in [1.165, 1.54) is 12.3 Å². The number of anilines is 1. The molecular weight excluding hydrogens is 248 g/mol. The van der Waals surface area contributed by atoms with Gasteiger partial charge in [0.25, 0.3) is 0 Å². The van der Waals surface area contributed by atoms with E-state index in [9.17, 15) is 17.6 Å². The van der Waals surface area contributed by atoms with Crippen molar-refractivity contribution in [3.05, 3.63) is 24.1 Å². The lowest BCUT2D eigenvalue weighted by atomic mass is 10.4. The minimum Gasteiger partial charge on any atom is -0.344 e. The van der Waals surface area contributed by atoms with Crippen molar-refractivity contribution in [2.45, 2.75) is 6.18 Å². The van der Waals surface area contributed by atoms with E-state index < -0.39 is 18.5 Å². The molecule has 0 fully saturated rings. The Morgan fingerprint density at radius 1 is 1.38 bits per heavy atom. The van der Waals surface area contributed by atoms with E-state index in [4.69, 9.17) is 11.6 Å². The molecule has 0 spiro atoms. The Hall–Kier alpha value is -1.04. The first-order chi connectivity index (χ1) is 7.44. The molecular formula is C9H9ClF4N2. The molecule has 0 saturated carbocycles. The molecule has 2 nitrogen and oxygen atoms in total. The summed E-state index contributed by atoms with van der Waals surface area (Å²) in [6.07, 6.45) is -3.19. The Bertz CT molecular complexity index is 343. The number of hydrogen-bond donors (Lipinski definition) is 0. The largest absolute Gasteiger partial charge is 0.405 e. The SMILES string of the molecule is Fc1cccnc1N(CCCl)CC(F)(F)F. The van der Waals surface area contributed by atoms with Gasteiger partial charge >= 0.3 is 6.18 Å². The van der Waals surface area contributed by atoms with Gasteiger partial charge in [0, 0.05) is 18.6 Å². The number of alkyl halides is 4. The first-order valence-corrected chi connectivity index (χ1v) is 4.95. The average molecular weight is 257 g/mol. The molecule has 1 aromatic rings. The minimum absolute atomic E-state index is 0.0356. The fourth-order valence-electron chi connectivity index (χ4n) is 1.19. The molecule has 1 heterocycles. The lowest BCUT2D eigenvalue weighted by molar-refractivity contribution is -0.119. The van der Waals surface area contributed by atoms with Gasteiger partial charge in [0.1, 0.15) is 6.54 Å². The van der Waals surface area contributed by atoms with E-state index >= 15 is 0 Å². The molecule has 0 saturated heterocycles. The predicted octanol–water partition coefficient (Wildman–Crippen LogP) is 2.83. The van der Waals surface area contributed by atoms with Crippen LogP contribution in [0.15, 0.2) is 18.3 Å². The molecule has 0 aliphatic heterocycles. The Kier molecular flexibility index (Phi) is 4.35. The average Bonchev–Trinajstić information content (AvgIpc) is 2.16. The van der Waals surface area contributed by atoms with Crippen molar-refractivity contribution < 1.29 is 17.6 Å². The van der Waals surface area contributed by atoms with E-state index in [0.29, 0.717) is 0 Å². The molecule has 0 aliphatic rings. The third kappa shape index (κ3) is 3.84. The van der Waals surface area contributed by atoms with Crippen molar-refractivity contribution in [2.75, 3.05) is 23.9 Å². The van der Waals surface area contributed by atoms with Crippen LogP contribution in [0, 0.1) is 5.82 Å². The van der Waals surface area contributed by atoms with Crippen molar-refractivity contribution in [1.82, 2.24) is 4.98 Å². The Balaban J connectivity index is 2.89. The summed E-state index contributed by atoms with van der Waals surface area (Å²) in [4.78, 5) is 4.34. The summed E-state index contributed by atoms with van der Waals surface area (Å²) in [6, 6.07) is 2.37. The van der Waals surface area contributed by atoms with Gasteiger partial charge in [-0.25, -0.2) is 9.37 Å². The van der Waals surface area contributed by atoms with Crippen LogP contribution in [0.25, 0.3) is 0 Å². The van der Waals surface area contributed by atoms with E-state index in [1.54, 1.807) is 0 Å². The quantitative estimate of drug-likeness (QED) is 0.608. The monoisotopic (exact) mass is 256 g/mol. The Labute approximate surface area is 94.8 Å². The fraction of sp³-hybridized carbons (Fsp3) is 0.444. The van der Waals surface area contributed by atoms with Crippen LogP contribution >= 0.6 is 11.6 Å². The van der Waals surface area contributed by atoms with Crippen LogP contribution in [0.4, 0.5) is 23.4 Å². The highest BCUT2D eigenvalue weighted by molar-refractivity contribution is 6.18. The van der Waals surface area contributed by atoms with Crippen molar-refractivity contribution in [3.8, 4) is 0 Å². The van der Waals surface area contributed by atoms with Crippen LogP contribution in [0.5, 0.6) is 0 Å². The molecule has 0 aliphatic carbocycles. The van der Waals surface area contributed by atoms with Crippen LogP contribution in [-0.2, 0) is 0 Å². The summed E-state index contributed by atoms with van der Waals surface area (Å²) in [6.45, 7) is -1.39. The van der Waals surface area contributed by atoms with Gasteiger partial charge in [-0.3, -0.25) is 0 Å². The van der Waals surface area contributed by atoms with Crippen molar-refractivity contribution in [1.29, 1.82) is 0 Å². The Morgan fingerprint density at radius 2 is 2.06 bits per heavy atom. The molecule has 0 bridgehead atoms. The van der Waals surface area contributed by atoms with Crippen LogP contribution in [0.2, 0.25) is 0 Å². The van der Waals surface area contributed by atoms with Crippen LogP contribution < -0.4 is 4.90 Å². The maximum Gasteiger partial charge on any atom is 0.405 e. The number of rotatable bonds is 4. The van der Waals surface area contributed by atoms with E-state index in [0.717, 1.165) is 11.0 Å². The van der Waals surface area contributed by atoms with Crippen LogP contribution in [0.3, 0.4) is 0 Å². The maximum atomic E-state index is 13.2. The summed E-state index contributed by atoms with van der Waals surface area (Å²) in [7, 11) is 0. The second-order valence-electron chi connectivity index (χ2n) is 3.03. The lowest BCUT2D eigenvalue weighted by Crippen LogP contribution is -2.36. The van der Waals surface area contributed by atoms with Gasteiger partial charge in [-0.15, -0.1) is 11.6 Å². The van der Waals surface area contributed by atoms with E-state index in [-0.39, 0.29) is 18.2 Å². The van der Waals surface area contributed by atoms with Crippen LogP contribution in [0.1, 0.15) is 0 Å². The normalized spacial score (nSPS) is 11.6. The topological polar surface area (TPSA) is 16.1 Å². The molecule has 1 aromatic heterocycles. The van der Waals surface area contributed by atoms with Crippen LogP contribution in [-0.4, -0.2) is 30.1 Å². The van der Waals surface area contributed by atoms with Gasteiger partial charge in [0.2, 0.25) is 0 Å². The molecule has 0 atom stereocenters. The summed E-state index contributed by atoms with van der Waals surface area (Å²) >= 11 is 5.37. The molecule has 7 heteroatoms. The zero-order valence-corrected chi connectivity index (χ0v) is 8.89. The summed E-state index contributed by atoms with van der Waals surface area (Å²) in [5.41, 5.74) is 0. The number of nitrogens with zero attached hydrogens (tertiary/aromatic N) is 2. The highest BCUT2D eigenvalue weighted by Crippen LogP contribution is 2.22. The minimum atomic E-state index is -4.42. The number of halogens is 5. The highest BCUT2D eigenvalue weighted by atomic mass is 35.5. The standard InChI is InChI=1S/C9H9ClF4N2/c10-3-5-16(6-9(12,13)14)8-7(11)2-1-4-15-8/h1-2,4H,3,5-6H2. The fourth-order valence-corrected chi connectivity index (χ4v) is 1.39. The smallest absolute Gasteiger partial charge is 0.344 e. The zero-order valence-electron chi connectivity index (χ0n) is 8.14. The predicted molar refractivity (Wildman–Crippen MR) is 53.2 cm³/mol. The second-order valence-corrected chi connectivity index (χ2v) is 3.41. The zero-order chi connectivity index (χ0) is 12.2. The first kappa shape index (κ1) is 13.0. The maximum absolute atomic E-state index is 13.2.